The van der Waals surface area contributed by atoms with E-state index in [-0.39, 0.29) is 5.91 Å². The normalized spacial score (nSPS) is 10.5. The molecule has 0 aliphatic heterocycles. The summed E-state index contributed by atoms with van der Waals surface area (Å²) in [6.45, 7) is 2.12. The molecule has 1 aromatic carbocycles. The Kier molecular flexibility index (Phi) is 5.17. The smallest absolute Gasteiger partial charge is 0.236 e. The number of nitrogens with zero attached hydrogens (tertiary/aromatic N) is 2. The lowest BCUT2D eigenvalue weighted by atomic mass is 10.1. The van der Waals surface area contributed by atoms with Crippen LogP contribution in [0.5, 0.6) is 0 Å². The second kappa shape index (κ2) is 7.09. The van der Waals surface area contributed by atoms with Gasteiger partial charge in [0.15, 0.2) is 0 Å². The Bertz CT molecular complexity index is 566. The van der Waals surface area contributed by atoms with Crippen molar-refractivity contribution in [3.8, 4) is 11.4 Å². The molecule has 0 radical (unpaired) electrons. The zero-order valence-corrected chi connectivity index (χ0v) is 12.4. The molecule has 106 valence electrons. The van der Waals surface area contributed by atoms with Crippen molar-refractivity contribution in [1.82, 2.24) is 15.5 Å². The molecule has 0 saturated heterocycles. The zero-order chi connectivity index (χ0) is 14.4. The Labute approximate surface area is 122 Å². The van der Waals surface area contributed by atoms with E-state index >= 15 is 0 Å². The molecule has 2 aromatic rings. The van der Waals surface area contributed by atoms with Crippen LogP contribution in [-0.2, 0) is 17.0 Å². The summed E-state index contributed by atoms with van der Waals surface area (Å²) in [5.41, 5.74) is 2.21. The topological polar surface area (TPSA) is 68.0 Å². The van der Waals surface area contributed by atoms with Crippen LogP contribution in [-0.4, -0.2) is 28.8 Å². The molecule has 0 unspecified atom stereocenters. The van der Waals surface area contributed by atoms with E-state index in [0.717, 1.165) is 12.0 Å². The highest BCUT2D eigenvalue weighted by atomic mass is 32.2. The van der Waals surface area contributed by atoms with Crippen LogP contribution in [0.2, 0.25) is 0 Å². The van der Waals surface area contributed by atoms with Crippen molar-refractivity contribution in [2.24, 2.45) is 0 Å². The van der Waals surface area contributed by atoms with Gasteiger partial charge in [0.05, 0.1) is 11.5 Å². The van der Waals surface area contributed by atoms with Gasteiger partial charge in [-0.1, -0.05) is 36.3 Å². The number of aromatic nitrogens is 2. The summed E-state index contributed by atoms with van der Waals surface area (Å²) in [7, 11) is 1.62. The van der Waals surface area contributed by atoms with Gasteiger partial charge in [0.25, 0.3) is 0 Å². The SMILES string of the molecule is CCc1ccc(-c2noc(CSCC(=O)NC)n2)cc1. The first kappa shape index (κ1) is 14.6. The number of thioether (sulfide) groups is 1. The van der Waals surface area contributed by atoms with E-state index in [0.29, 0.717) is 23.2 Å². The number of hydrogen-bond donors (Lipinski definition) is 1. The number of benzene rings is 1. The molecule has 0 fully saturated rings. The summed E-state index contributed by atoms with van der Waals surface area (Å²) in [5, 5.41) is 6.53. The average Bonchev–Trinajstić information content (AvgIpc) is 2.96. The number of aryl methyl sites for hydroxylation is 1. The predicted molar refractivity (Wildman–Crippen MR) is 79.3 cm³/mol. The monoisotopic (exact) mass is 291 g/mol. The molecule has 0 saturated carbocycles. The minimum absolute atomic E-state index is 0.00936. The molecule has 20 heavy (non-hydrogen) atoms. The van der Waals surface area contributed by atoms with E-state index in [4.69, 9.17) is 4.52 Å². The van der Waals surface area contributed by atoms with E-state index in [2.05, 4.69) is 34.5 Å². The first-order chi connectivity index (χ1) is 9.72. The van der Waals surface area contributed by atoms with Gasteiger partial charge in [0, 0.05) is 12.6 Å². The van der Waals surface area contributed by atoms with Gasteiger partial charge >= 0.3 is 0 Å². The Morgan fingerprint density at radius 3 is 2.75 bits per heavy atom. The van der Waals surface area contributed by atoms with Gasteiger partial charge in [0.2, 0.25) is 17.6 Å². The number of hydrogen-bond acceptors (Lipinski definition) is 5. The molecule has 0 aliphatic rings. The van der Waals surface area contributed by atoms with Gasteiger partial charge in [-0.3, -0.25) is 4.79 Å². The van der Waals surface area contributed by atoms with Crippen LogP contribution >= 0.6 is 11.8 Å². The summed E-state index contributed by atoms with van der Waals surface area (Å²) < 4.78 is 5.18. The highest BCUT2D eigenvalue weighted by Crippen LogP contribution is 2.18. The molecule has 1 amide bonds. The van der Waals surface area contributed by atoms with E-state index < -0.39 is 0 Å². The van der Waals surface area contributed by atoms with Crippen LogP contribution in [0.25, 0.3) is 11.4 Å². The van der Waals surface area contributed by atoms with Gasteiger partial charge in [-0.25, -0.2) is 0 Å². The molecule has 1 aromatic heterocycles. The maximum Gasteiger partial charge on any atom is 0.236 e. The maximum absolute atomic E-state index is 11.1. The van der Waals surface area contributed by atoms with Crippen LogP contribution in [0, 0.1) is 0 Å². The van der Waals surface area contributed by atoms with Crippen LogP contribution in [0.3, 0.4) is 0 Å². The summed E-state index contributed by atoms with van der Waals surface area (Å²) in [6.07, 6.45) is 1.01. The molecular formula is C14H17N3O2S. The second-order valence-corrected chi connectivity index (χ2v) is 5.21. The van der Waals surface area contributed by atoms with Gasteiger partial charge in [-0.2, -0.15) is 4.98 Å². The largest absolute Gasteiger partial charge is 0.358 e. The minimum Gasteiger partial charge on any atom is -0.358 e. The third-order valence-electron chi connectivity index (χ3n) is 2.83. The molecule has 0 bridgehead atoms. The number of nitrogens with one attached hydrogen (secondary N) is 1. The van der Waals surface area contributed by atoms with Gasteiger partial charge in [0.1, 0.15) is 0 Å². The van der Waals surface area contributed by atoms with E-state index in [1.165, 1.54) is 17.3 Å². The van der Waals surface area contributed by atoms with Crippen molar-refractivity contribution in [3.63, 3.8) is 0 Å². The van der Waals surface area contributed by atoms with Crippen LogP contribution in [0.4, 0.5) is 0 Å². The van der Waals surface area contributed by atoms with E-state index in [1.807, 2.05) is 12.1 Å². The molecular weight excluding hydrogens is 274 g/mol. The molecule has 5 nitrogen and oxygen atoms in total. The van der Waals surface area contributed by atoms with Crippen molar-refractivity contribution >= 4 is 17.7 Å². The summed E-state index contributed by atoms with van der Waals surface area (Å²) in [4.78, 5) is 15.4. The Balaban J connectivity index is 1.95. The Morgan fingerprint density at radius 2 is 2.10 bits per heavy atom. The highest BCUT2D eigenvalue weighted by molar-refractivity contribution is 7.99. The summed E-state index contributed by atoms with van der Waals surface area (Å²) in [5.74, 6) is 2.04. The molecule has 2 rings (SSSR count). The number of carbonyl (C=O) groups is 1. The molecule has 6 heteroatoms. The second-order valence-electron chi connectivity index (χ2n) is 4.23. The molecule has 0 atom stereocenters. The molecule has 1 heterocycles. The summed E-state index contributed by atoms with van der Waals surface area (Å²) >= 11 is 1.45. The Morgan fingerprint density at radius 1 is 1.35 bits per heavy atom. The lowest BCUT2D eigenvalue weighted by Gasteiger charge is -1.97. The van der Waals surface area contributed by atoms with Gasteiger partial charge in [-0.15, -0.1) is 11.8 Å². The lowest BCUT2D eigenvalue weighted by Crippen LogP contribution is -2.19. The third kappa shape index (κ3) is 3.84. The zero-order valence-electron chi connectivity index (χ0n) is 11.5. The number of rotatable bonds is 6. The molecule has 0 aliphatic carbocycles. The third-order valence-corrected chi connectivity index (χ3v) is 3.74. The molecule has 0 spiro atoms. The maximum atomic E-state index is 11.1. The average molecular weight is 291 g/mol. The first-order valence-electron chi connectivity index (χ1n) is 6.43. The fourth-order valence-corrected chi connectivity index (χ4v) is 2.35. The Hall–Kier alpha value is -1.82. The fraction of sp³-hybridized carbons (Fsp3) is 0.357. The van der Waals surface area contributed by atoms with Crippen LogP contribution in [0.15, 0.2) is 28.8 Å². The quantitative estimate of drug-likeness (QED) is 0.884. The van der Waals surface area contributed by atoms with Crippen molar-refractivity contribution < 1.29 is 9.32 Å². The van der Waals surface area contributed by atoms with Crippen LogP contribution in [0.1, 0.15) is 18.4 Å². The minimum atomic E-state index is -0.00936. The molecule has 1 N–H and O–H groups in total. The predicted octanol–water partition coefficient (Wildman–Crippen LogP) is 2.28. The van der Waals surface area contributed by atoms with E-state index in [1.54, 1.807) is 7.05 Å². The highest BCUT2D eigenvalue weighted by Gasteiger charge is 2.09. The first-order valence-corrected chi connectivity index (χ1v) is 7.58. The van der Waals surface area contributed by atoms with E-state index in [9.17, 15) is 4.79 Å². The van der Waals surface area contributed by atoms with Crippen molar-refractivity contribution in [1.29, 1.82) is 0 Å². The lowest BCUT2D eigenvalue weighted by molar-refractivity contribution is -0.118. The standard InChI is InChI=1S/C14H17N3O2S/c1-3-10-4-6-11(7-5-10)14-16-13(19-17-14)9-20-8-12(18)15-2/h4-7H,3,8-9H2,1-2H3,(H,15,18). The van der Waals surface area contributed by atoms with Gasteiger partial charge in [-0.05, 0) is 12.0 Å². The number of amides is 1. The fourth-order valence-electron chi connectivity index (χ4n) is 1.62. The van der Waals surface area contributed by atoms with Gasteiger partial charge < -0.3 is 9.84 Å². The van der Waals surface area contributed by atoms with Crippen molar-refractivity contribution in [2.75, 3.05) is 12.8 Å². The van der Waals surface area contributed by atoms with Crippen molar-refractivity contribution in [2.45, 2.75) is 19.1 Å². The number of carbonyl (C=O) groups excluding carboxylic acids is 1. The van der Waals surface area contributed by atoms with Crippen molar-refractivity contribution in [3.05, 3.63) is 35.7 Å². The van der Waals surface area contributed by atoms with Crippen LogP contribution < -0.4 is 5.32 Å². The summed E-state index contributed by atoms with van der Waals surface area (Å²) in [6, 6.07) is 8.10.